The minimum atomic E-state index is 0.885. The molecule has 0 aliphatic rings. The first kappa shape index (κ1) is 29.2. The van der Waals surface area contributed by atoms with E-state index in [1.165, 1.54) is 43.4 Å². The molecule has 0 fully saturated rings. The summed E-state index contributed by atoms with van der Waals surface area (Å²) >= 11 is 0. The first-order valence-electron chi connectivity index (χ1n) is 17.4. The number of fused-ring (bicyclic) bond motifs is 9. The van der Waals surface area contributed by atoms with Gasteiger partial charge in [0.25, 0.3) is 0 Å². The summed E-state index contributed by atoms with van der Waals surface area (Å²) in [5.41, 5.74) is 10.7. The molecule has 0 saturated carbocycles. The molecule has 0 bridgehead atoms. The zero-order valence-corrected chi connectivity index (χ0v) is 28.0. The fraction of sp³-hybridized carbons (Fsp3) is 0. The van der Waals surface area contributed by atoms with E-state index in [-0.39, 0.29) is 0 Å². The average molecular weight is 649 g/mol. The van der Waals surface area contributed by atoms with E-state index >= 15 is 0 Å². The van der Waals surface area contributed by atoms with Gasteiger partial charge in [-0.05, 0) is 88.6 Å². The third-order valence-corrected chi connectivity index (χ3v) is 10.6. The van der Waals surface area contributed by atoms with E-state index in [1.807, 2.05) is 12.2 Å². The molecule has 0 spiro atoms. The maximum Gasteiger partial charge on any atom is 0.143 e. The van der Waals surface area contributed by atoms with Gasteiger partial charge in [0.2, 0.25) is 0 Å². The summed E-state index contributed by atoms with van der Waals surface area (Å²) in [6.45, 7) is 8.77. The summed E-state index contributed by atoms with van der Waals surface area (Å²) in [6, 6.07) is 56.6. The van der Waals surface area contributed by atoms with Crippen molar-refractivity contribution in [2.24, 2.45) is 0 Å². The van der Waals surface area contributed by atoms with E-state index in [4.69, 9.17) is 4.42 Å². The summed E-state index contributed by atoms with van der Waals surface area (Å²) in [4.78, 5) is 0. The predicted octanol–water partition coefficient (Wildman–Crippen LogP) is 14.5. The molecule has 0 radical (unpaired) electrons. The molecule has 51 heavy (non-hydrogen) atoms. The van der Waals surface area contributed by atoms with Crippen LogP contribution < -0.4 is 0 Å². The summed E-state index contributed by atoms with van der Waals surface area (Å²) in [5, 5.41) is 11.8. The van der Waals surface area contributed by atoms with Crippen molar-refractivity contribution < 1.29 is 4.42 Å². The Morgan fingerprint density at radius 2 is 0.922 bits per heavy atom. The Bertz CT molecular complexity index is 3040. The highest BCUT2D eigenvalue weighted by Gasteiger charge is 2.24. The Kier molecular flexibility index (Phi) is 6.56. The summed E-state index contributed by atoms with van der Waals surface area (Å²) in [7, 11) is 0. The number of hydrogen-bond acceptors (Lipinski definition) is 1. The van der Waals surface area contributed by atoms with Gasteiger partial charge in [0.05, 0.1) is 0 Å². The molecular formula is C50H32O. The largest absolute Gasteiger partial charge is 0.455 e. The Labute approximate surface area is 296 Å². The second kappa shape index (κ2) is 11.4. The molecule has 0 atom stereocenters. The molecule has 0 N–H and O–H groups in total. The van der Waals surface area contributed by atoms with E-state index < -0.39 is 0 Å². The molecule has 10 rings (SSSR count). The molecule has 238 valence electrons. The Morgan fingerprint density at radius 1 is 0.392 bits per heavy atom. The van der Waals surface area contributed by atoms with Crippen molar-refractivity contribution >= 4 is 77.2 Å². The molecule has 1 nitrogen and oxygen atoms in total. The highest BCUT2D eigenvalue weighted by molar-refractivity contribution is 6.30. The van der Waals surface area contributed by atoms with Crippen molar-refractivity contribution in [3.05, 3.63) is 182 Å². The highest BCUT2D eigenvalue weighted by Crippen LogP contribution is 2.49. The number of rotatable bonds is 5. The summed E-state index contributed by atoms with van der Waals surface area (Å²) < 4.78 is 6.92. The fourth-order valence-corrected chi connectivity index (χ4v) is 8.37. The van der Waals surface area contributed by atoms with Crippen LogP contribution in [-0.4, -0.2) is 0 Å². The van der Waals surface area contributed by atoms with Gasteiger partial charge in [-0.15, -0.1) is 0 Å². The van der Waals surface area contributed by atoms with E-state index in [2.05, 4.69) is 171 Å². The van der Waals surface area contributed by atoms with Crippen LogP contribution in [0.15, 0.2) is 175 Å². The third kappa shape index (κ3) is 4.35. The maximum atomic E-state index is 6.92. The molecule has 0 unspecified atom stereocenters. The van der Waals surface area contributed by atoms with Crippen molar-refractivity contribution in [3.8, 4) is 33.4 Å². The molecule has 9 aromatic carbocycles. The smallest absolute Gasteiger partial charge is 0.143 e. The van der Waals surface area contributed by atoms with Crippen molar-refractivity contribution in [1.82, 2.24) is 0 Å². The first-order chi connectivity index (χ1) is 25.2. The third-order valence-electron chi connectivity index (χ3n) is 10.6. The van der Waals surface area contributed by atoms with Crippen LogP contribution in [0.3, 0.4) is 0 Å². The van der Waals surface area contributed by atoms with Crippen LogP contribution in [0.25, 0.3) is 111 Å². The zero-order valence-electron chi connectivity index (χ0n) is 28.0. The van der Waals surface area contributed by atoms with E-state index in [0.717, 1.165) is 66.1 Å². The molecule has 0 amide bonds. The van der Waals surface area contributed by atoms with E-state index in [1.54, 1.807) is 0 Å². The van der Waals surface area contributed by atoms with Gasteiger partial charge in [0.15, 0.2) is 0 Å². The van der Waals surface area contributed by atoms with Gasteiger partial charge < -0.3 is 4.42 Å². The van der Waals surface area contributed by atoms with Crippen LogP contribution in [0.1, 0.15) is 11.1 Å². The first-order valence-corrected chi connectivity index (χ1v) is 17.4. The second-order valence-corrected chi connectivity index (χ2v) is 13.2. The SMILES string of the molecule is C=Cc1c(C=C)c(-c2cc3ccccc3c3c2oc2ccc4ccccc4c23)c2ccccc2c1-c1ccc(-c2cccc3ccccc23)cc1. The predicted molar refractivity (Wildman–Crippen MR) is 220 cm³/mol. The topological polar surface area (TPSA) is 13.1 Å². The monoisotopic (exact) mass is 648 g/mol. The van der Waals surface area contributed by atoms with Crippen LogP contribution >= 0.6 is 0 Å². The van der Waals surface area contributed by atoms with Gasteiger partial charge in [-0.1, -0.05) is 171 Å². The van der Waals surface area contributed by atoms with Crippen LogP contribution in [0.5, 0.6) is 0 Å². The van der Waals surface area contributed by atoms with Gasteiger partial charge in [0.1, 0.15) is 11.2 Å². The van der Waals surface area contributed by atoms with Crippen molar-refractivity contribution in [2.75, 3.05) is 0 Å². The summed E-state index contributed by atoms with van der Waals surface area (Å²) in [6.07, 6.45) is 3.98. The lowest BCUT2D eigenvalue weighted by molar-refractivity contribution is 0.670. The van der Waals surface area contributed by atoms with Crippen molar-refractivity contribution in [3.63, 3.8) is 0 Å². The lowest BCUT2D eigenvalue weighted by atomic mass is 9.82. The summed E-state index contributed by atoms with van der Waals surface area (Å²) in [5.74, 6) is 0. The normalized spacial score (nSPS) is 11.7. The average Bonchev–Trinajstić information content (AvgIpc) is 3.60. The number of furan rings is 1. The zero-order chi connectivity index (χ0) is 34.1. The number of benzene rings is 9. The fourth-order valence-electron chi connectivity index (χ4n) is 8.37. The second-order valence-electron chi connectivity index (χ2n) is 13.2. The van der Waals surface area contributed by atoms with Crippen LogP contribution in [-0.2, 0) is 0 Å². The molecular weight excluding hydrogens is 617 g/mol. The van der Waals surface area contributed by atoms with Crippen LogP contribution in [0.2, 0.25) is 0 Å². The highest BCUT2D eigenvalue weighted by atomic mass is 16.3. The van der Waals surface area contributed by atoms with Crippen molar-refractivity contribution in [2.45, 2.75) is 0 Å². The number of hydrogen-bond donors (Lipinski definition) is 0. The van der Waals surface area contributed by atoms with Crippen molar-refractivity contribution in [1.29, 1.82) is 0 Å². The van der Waals surface area contributed by atoms with Gasteiger partial charge in [-0.2, -0.15) is 0 Å². The van der Waals surface area contributed by atoms with E-state index in [9.17, 15) is 0 Å². The molecule has 1 aromatic heterocycles. The van der Waals surface area contributed by atoms with Gasteiger partial charge in [0, 0.05) is 21.9 Å². The molecule has 1 heterocycles. The minimum Gasteiger partial charge on any atom is -0.455 e. The maximum absolute atomic E-state index is 6.92. The van der Waals surface area contributed by atoms with Gasteiger partial charge >= 0.3 is 0 Å². The molecule has 10 aromatic rings. The molecule has 1 heteroatoms. The lowest BCUT2D eigenvalue weighted by Crippen LogP contribution is -1.96. The minimum absolute atomic E-state index is 0.885. The quantitative estimate of drug-likeness (QED) is 0.181. The lowest BCUT2D eigenvalue weighted by Gasteiger charge is -2.21. The Balaban J connectivity index is 1.27. The Hall–Kier alpha value is -6.70. The van der Waals surface area contributed by atoms with Crippen LogP contribution in [0.4, 0.5) is 0 Å². The molecule has 0 aliphatic carbocycles. The Morgan fingerprint density at radius 3 is 1.63 bits per heavy atom. The van der Waals surface area contributed by atoms with Crippen LogP contribution in [0, 0.1) is 0 Å². The standard InChI is InChI=1S/C50H32O/c1-3-36-37(4-2)47(44-30-35-16-7-10-20-41(35)49-48-40-19-9-6-15-32(40)28-29-45(48)51-50(44)49)43-22-12-11-21-42(43)46(36)34-26-24-33(25-27-34)39-23-13-17-31-14-5-8-18-38(31)39/h3-30H,1-2H2. The van der Waals surface area contributed by atoms with E-state index in [0.29, 0.717) is 0 Å². The van der Waals surface area contributed by atoms with Gasteiger partial charge in [-0.3, -0.25) is 0 Å². The molecule has 0 saturated heterocycles. The molecule has 0 aliphatic heterocycles. The van der Waals surface area contributed by atoms with Gasteiger partial charge in [-0.25, -0.2) is 0 Å².